The normalized spacial score (nSPS) is 28.6. The van der Waals surface area contributed by atoms with Gasteiger partial charge in [0, 0.05) is 37.1 Å². The lowest BCUT2D eigenvalue weighted by Crippen LogP contribution is -2.77. The summed E-state index contributed by atoms with van der Waals surface area (Å²) in [6.45, 7) is 17.6. The van der Waals surface area contributed by atoms with Gasteiger partial charge in [-0.05, 0) is 71.4 Å². The number of ketones is 1. The Morgan fingerprint density at radius 1 is 1.03 bits per heavy atom. The summed E-state index contributed by atoms with van der Waals surface area (Å²) < 4.78 is 0. The molecule has 1 aromatic carbocycles. The Labute approximate surface area is 225 Å². The summed E-state index contributed by atoms with van der Waals surface area (Å²) in [6.07, 6.45) is 9.59. The van der Waals surface area contributed by atoms with Crippen LogP contribution in [0, 0.1) is 0 Å². The first-order chi connectivity index (χ1) is 17.7. The lowest BCUT2D eigenvalue weighted by Gasteiger charge is -2.66. The van der Waals surface area contributed by atoms with Crippen LogP contribution in [0.1, 0.15) is 84.6 Å². The van der Waals surface area contributed by atoms with Gasteiger partial charge in [0.1, 0.15) is 0 Å². The molecule has 1 saturated carbocycles. The molecule has 37 heavy (non-hydrogen) atoms. The number of urea groups is 1. The number of fused-ring (bicyclic) bond motifs is 4. The number of likely N-dealkylation sites (N-methyl/N-ethyl adjacent to an activating group) is 1. The molecule has 1 aromatic rings. The number of amides is 2. The molecule has 4 aliphatic rings. The molecule has 6 nitrogen and oxygen atoms in total. The van der Waals surface area contributed by atoms with Crippen LogP contribution in [0.15, 0.2) is 55.8 Å². The quantitative estimate of drug-likeness (QED) is 0.340. The highest BCUT2D eigenvalue weighted by Crippen LogP contribution is 2.54. The summed E-state index contributed by atoms with van der Waals surface area (Å²) in [5.41, 5.74) is 0.470. The maximum Gasteiger partial charge on any atom is 0.320 e. The minimum atomic E-state index is -0.354. The van der Waals surface area contributed by atoms with Gasteiger partial charge in [0.05, 0.1) is 11.8 Å². The number of rotatable bonds is 6. The average molecular weight is 512 g/mol. The molecule has 0 radical (unpaired) electrons. The minimum Gasteiger partial charge on any atom is -0.516 e. The number of allylic oxidation sites excluding steroid dienone is 1. The van der Waals surface area contributed by atoms with Crippen LogP contribution in [0.4, 0.5) is 4.79 Å². The second-order valence-corrected chi connectivity index (χ2v) is 10.9. The fraction of sp³-hybridized carbons (Fsp3) is 0.613. The summed E-state index contributed by atoms with van der Waals surface area (Å²) >= 11 is 0. The molecule has 206 valence electrons. The van der Waals surface area contributed by atoms with Crippen LogP contribution in [0.25, 0.3) is 0 Å². The first-order valence-corrected chi connectivity index (χ1v) is 13.9. The summed E-state index contributed by atoms with van der Waals surface area (Å²) in [5.74, 6) is 0.297. The van der Waals surface area contributed by atoms with E-state index < -0.39 is 0 Å². The second kappa shape index (κ2) is 13.3. The highest BCUT2D eigenvalue weighted by molar-refractivity contribution is 5.91. The Balaban J connectivity index is 0.000000898. The number of nitrogens with zero attached hydrogens (tertiary/aromatic N) is 3. The summed E-state index contributed by atoms with van der Waals surface area (Å²) in [5, 5.41) is 7.33. The van der Waals surface area contributed by atoms with Gasteiger partial charge in [-0.15, -0.1) is 6.58 Å². The molecule has 3 saturated heterocycles. The maximum atomic E-state index is 13.8. The molecule has 3 aliphatic heterocycles. The molecule has 1 aliphatic carbocycles. The van der Waals surface area contributed by atoms with Gasteiger partial charge in [0.25, 0.3) is 0 Å². The van der Waals surface area contributed by atoms with Crippen molar-refractivity contribution in [3.8, 4) is 0 Å². The average Bonchev–Trinajstić information content (AvgIpc) is 3.42. The molecule has 3 atom stereocenters. The number of benzene rings is 1. The summed E-state index contributed by atoms with van der Waals surface area (Å²) in [6, 6.07) is 10.5. The SMILES string of the molecule is C=CCC(=O)C12CCC[C@](C)(N(Cc3ccccc3)C(=O)N3CCCC3)CC(C)(C1)N2C.C=CO.CC. The van der Waals surface area contributed by atoms with Gasteiger partial charge in [0.2, 0.25) is 0 Å². The van der Waals surface area contributed by atoms with Crippen molar-refractivity contribution in [1.82, 2.24) is 14.7 Å². The van der Waals surface area contributed by atoms with Crippen LogP contribution in [0.5, 0.6) is 0 Å². The van der Waals surface area contributed by atoms with Crippen molar-refractivity contribution >= 4 is 11.8 Å². The number of aliphatic hydroxyl groups is 1. The summed E-state index contributed by atoms with van der Waals surface area (Å²) in [4.78, 5) is 33.3. The van der Waals surface area contributed by atoms with E-state index >= 15 is 0 Å². The largest absolute Gasteiger partial charge is 0.516 e. The first-order valence-electron chi connectivity index (χ1n) is 13.9. The van der Waals surface area contributed by atoms with Crippen molar-refractivity contribution < 1.29 is 14.7 Å². The Morgan fingerprint density at radius 3 is 2.16 bits per heavy atom. The number of hydrogen-bond donors (Lipinski definition) is 1. The molecule has 2 amide bonds. The van der Waals surface area contributed by atoms with Gasteiger partial charge in [-0.1, -0.05) is 56.8 Å². The van der Waals surface area contributed by atoms with E-state index in [0.717, 1.165) is 64.3 Å². The molecule has 0 spiro atoms. The third kappa shape index (κ3) is 6.46. The minimum absolute atomic E-state index is 0.0910. The molecule has 6 heteroatoms. The van der Waals surface area contributed by atoms with Crippen molar-refractivity contribution in [1.29, 1.82) is 0 Å². The maximum absolute atomic E-state index is 13.8. The zero-order valence-electron chi connectivity index (χ0n) is 23.8. The zero-order valence-corrected chi connectivity index (χ0v) is 23.8. The molecule has 3 heterocycles. The Bertz CT molecular complexity index is 914. The number of likely N-dealkylation sites (tertiary alicyclic amines) is 1. The van der Waals surface area contributed by atoms with Gasteiger partial charge in [-0.2, -0.15) is 0 Å². The van der Waals surface area contributed by atoms with Crippen LogP contribution in [0.3, 0.4) is 0 Å². The van der Waals surface area contributed by atoms with Crippen molar-refractivity contribution in [2.45, 2.75) is 102 Å². The predicted octanol–water partition coefficient (Wildman–Crippen LogP) is 6.73. The van der Waals surface area contributed by atoms with Gasteiger partial charge in [-0.25, -0.2) is 4.79 Å². The standard InChI is InChI=1S/C27H39N3O2.C2H4O.C2H6/c1-5-12-23(31)27-16-11-15-25(2,20-26(3,21-27)28(27)4)30(19-22-13-7-6-8-14-22)24(32)29-17-9-10-18-29;1-2-3;1-2/h5-8,13-14H,1,9-12,15-21H2,2-4H3;2-3H,1H2;1-2H3/t25-,26?,27?;;/m0../s1. The molecular formula is C31H49N3O3. The molecule has 0 aromatic heterocycles. The molecule has 4 fully saturated rings. The zero-order chi connectivity index (χ0) is 27.7. The van der Waals surface area contributed by atoms with E-state index in [0.29, 0.717) is 18.7 Å². The molecule has 5 rings (SSSR count). The van der Waals surface area contributed by atoms with Crippen molar-refractivity contribution in [2.75, 3.05) is 20.1 Å². The number of carbonyl (C=O) groups excluding carboxylic acids is 2. The lowest BCUT2D eigenvalue weighted by molar-refractivity contribution is -0.174. The van der Waals surface area contributed by atoms with E-state index in [9.17, 15) is 9.59 Å². The number of carbonyl (C=O) groups is 2. The highest BCUT2D eigenvalue weighted by Gasteiger charge is 2.63. The second-order valence-electron chi connectivity index (χ2n) is 10.9. The monoisotopic (exact) mass is 511 g/mol. The first kappa shape index (κ1) is 30.6. The van der Waals surface area contributed by atoms with Crippen LogP contribution in [-0.4, -0.2) is 68.4 Å². The highest BCUT2D eigenvalue weighted by atomic mass is 16.2. The number of hydrogen-bond acceptors (Lipinski definition) is 4. The van der Waals surface area contributed by atoms with E-state index in [1.165, 1.54) is 5.56 Å². The van der Waals surface area contributed by atoms with Crippen LogP contribution in [-0.2, 0) is 11.3 Å². The van der Waals surface area contributed by atoms with Gasteiger partial charge < -0.3 is 14.9 Å². The van der Waals surface area contributed by atoms with Crippen molar-refractivity contribution in [2.24, 2.45) is 0 Å². The van der Waals surface area contributed by atoms with E-state index in [2.05, 4.69) is 68.1 Å². The van der Waals surface area contributed by atoms with E-state index in [-0.39, 0.29) is 22.6 Å². The van der Waals surface area contributed by atoms with Crippen LogP contribution in [0.2, 0.25) is 0 Å². The predicted molar refractivity (Wildman–Crippen MR) is 153 cm³/mol. The van der Waals surface area contributed by atoms with Crippen LogP contribution < -0.4 is 0 Å². The van der Waals surface area contributed by atoms with Crippen molar-refractivity contribution in [3.05, 3.63) is 61.4 Å². The molecular weight excluding hydrogens is 462 g/mol. The Morgan fingerprint density at radius 2 is 1.62 bits per heavy atom. The third-order valence-electron chi connectivity index (χ3n) is 8.48. The Hall–Kier alpha value is -2.60. The fourth-order valence-electron chi connectivity index (χ4n) is 6.71. The van der Waals surface area contributed by atoms with Gasteiger partial charge in [-0.3, -0.25) is 9.69 Å². The molecule has 2 unspecified atom stereocenters. The van der Waals surface area contributed by atoms with Gasteiger partial charge in [0.15, 0.2) is 5.78 Å². The van der Waals surface area contributed by atoms with E-state index in [1.54, 1.807) is 6.08 Å². The van der Waals surface area contributed by atoms with E-state index in [1.807, 2.05) is 24.8 Å². The Kier molecular flexibility index (Phi) is 11.0. The molecule has 1 N–H and O–H groups in total. The number of Topliss-reactive ketones (excluding diaryl/α,β-unsaturated/α-hetero) is 1. The number of aliphatic hydroxyl groups excluding tert-OH is 1. The molecule has 2 bridgehead atoms. The van der Waals surface area contributed by atoms with E-state index in [4.69, 9.17) is 5.11 Å². The van der Waals surface area contributed by atoms with Crippen LogP contribution >= 0.6 is 0 Å². The third-order valence-corrected chi connectivity index (χ3v) is 8.48. The summed E-state index contributed by atoms with van der Waals surface area (Å²) in [7, 11) is 2.11. The topological polar surface area (TPSA) is 64.1 Å². The fourth-order valence-corrected chi connectivity index (χ4v) is 6.71. The van der Waals surface area contributed by atoms with Gasteiger partial charge >= 0.3 is 6.03 Å². The lowest BCUT2D eigenvalue weighted by atomic mass is 9.58. The smallest absolute Gasteiger partial charge is 0.320 e. The van der Waals surface area contributed by atoms with Crippen molar-refractivity contribution in [3.63, 3.8) is 0 Å².